The van der Waals surface area contributed by atoms with Gasteiger partial charge in [0.2, 0.25) is 0 Å². The second-order valence-electron chi connectivity index (χ2n) is 5.01. The van der Waals surface area contributed by atoms with Crippen LogP contribution in [0.25, 0.3) is 0 Å². The molecular formula is C14H16ClNO3. The molecule has 102 valence electrons. The Morgan fingerprint density at radius 3 is 2.47 bits per heavy atom. The molecule has 0 saturated heterocycles. The number of nitrogens with one attached hydrogen (secondary N) is 1. The third-order valence-electron chi connectivity index (χ3n) is 3.65. The molecule has 0 aliphatic heterocycles. The lowest BCUT2D eigenvalue weighted by atomic mass is 9.96. The smallest absolute Gasteiger partial charge is 0.329 e. The maximum absolute atomic E-state index is 12.2. The van der Waals surface area contributed by atoms with Gasteiger partial charge in [-0.1, -0.05) is 24.4 Å². The van der Waals surface area contributed by atoms with Gasteiger partial charge in [0.1, 0.15) is 5.54 Å². The Morgan fingerprint density at radius 1 is 1.32 bits per heavy atom. The van der Waals surface area contributed by atoms with E-state index in [0.717, 1.165) is 18.4 Å². The van der Waals surface area contributed by atoms with E-state index < -0.39 is 11.5 Å². The fraction of sp³-hybridized carbons (Fsp3) is 0.429. The number of aliphatic carboxylic acids is 1. The standard InChI is InChI=1S/C14H16ClNO3/c1-9-8-10(15)4-5-11(9)12(17)16-14(13(18)19)6-2-3-7-14/h4-5,8H,2-3,6-7H2,1H3,(H,16,17)(H,18,19). The van der Waals surface area contributed by atoms with E-state index in [1.807, 2.05) is 0 Å². The van der Waals surface area contributed by atoms with Gasteiger partial charge in [0, 0.05) is 10.6 Å². The monoisotopic (exact) mass is 281 g/mol. The minimum absolute atomic E-state index is 0.349. The molecule has 0 heterocycles. The lowest BCUT2D eigenvalue weighted by molar-refractivity contribution is -0.144. The number of hydrogen-bond acceptors (Lipinski definition) is 2. The third kappa shape index (κ3) is 2.73. The average molecular weight is 282 g/mol. The number of hydrogen-bond donors (Lipinski definition) is 2. The fourth-order valence-corrected chi connectivity index (χ4v) is 2.76. The van der Waals surface area contributed by atoms with Gasteiger partial charge in [-0.25, -0.2) is 4.79 Å². The zero-order valence-corrected chi connectivity index (χ0v) is 11.5. The van der Waals surface area contributed by atoms with Crippen LogP contribution in [0.1, 0.15) is 41.6 Å². The zero-order valence-electron chi connectivity index (χ0n) is 10.7. The number of rotatable bonds is 3. The first kappa shape index (κ1) is 13.9. The number of benzene rings is 1. The summed E-state index contributed by atoms with van der Waals surface area (Å²) in [7, 11) is 0. The molecule has 19 heavy (non-hydrogen) atoms. The summed E-state index contributed by atoms with van der Waals surface area (Å²) in [5, 5.41) is 12.6. The van der Waals surface area contributed by atoms with Crippen LogP contribution in [0.5, 0.6) is 0 Å². The maximum atomic E-state index is 12.2. The SMILES string of the molecule is Cc1cc(Cl)ccc1C(=O)NC1(C(=O)O)CCCC1. The zero-order chi connectivity index (χ0) is 14.0. The molecule has 5 heteroatoms. The van der Waals surface area contributed by atoms with Gasteiger partial charge in [-0.2, -0.15) is 0 Å². The van der Waals surface area contributed by atoms with Crippen molar-refractivity contribution in [3.05, 3.63) is 34.3 Å². The highest BCUT2D eigenvalue weighted by Crippen LogP contribution is 2.30. The van der Waals surface area contributed by atoms with Crippen molar-refractivity contribution in [3.8, 4) is 0 Å². The molecule has 0 aromatic heterocycles. The minimum atomic E-state index is -1.11. The molecule has 0 radical (unpaired) electrons. The van der Waals surface area contributed by atoms with Crippen LogP contribution in [0, 0.1) is 6.92 Å². The van der Waals surface area contributed by atoms with Gasteiger partial charge in [0.15, 0.2) is 0 Å². The van der Waals surface area contributed by atoms with E-state index in [1.165, 1.54) is 0 Å². The number of carboxylic acid groups (broad SMARTS) is 1. The largest absolute Gasteiger partial charge is 0.480 e. The third-order valence-corrected chi connectivity index (χ3v) is 3.89. The average Bonchev–Trinajstić information content (AvgIpc) is 2.78. The van der Waals surface area contributed by atoms with Crippen LogP contribution in [0.2, 0.25) is 5.02 Å². The van der Waals surface area contributed by atoms with Crippen LogP contribution in [0.3, 0.4) is 0 Å². The molecule has 2 rings (SSSR count). The predicted octanol–water partition coefficient (Wildman–Crippen LogP) is 2.78. The summed E-state index contributed by atoms with van der Waals surface area (Å²) in [4.78, 5) is 23.6. The quantitative estimate of drug-likeness (QED) is 0.895. The Bertz CT molecular complexity index is 521. The summed E-state index contributed by atoms with van der Waals surface area (Å²) in [6.45, 7) is 1.78. The Labute approximate surface area is 116 Å². The molecule has 1 fully saturated rings. The van der Waals surface area contributed by atoms with Crippen molar-refractivity contribution in [1.82, 2.24) is 5.32 Å². The molecule has 1 aromatic rings. The van der Waals surface area contributed by atoms with Crippen LogP contribution in [0.4, 0.5) is 0 Å². The van der Waals surface area contributed by atoms with Crippen LogP contribution < -0.4 is 5.32 Å². The summed E-state index contributed by atoms with van der Waals surface area (Å²) in [6, 6.07) is 4.95. The summed E-state index contributed by atoms with van der Waals surface area (Å²) in [5.74, 6) is -1.30. The van der Waals surface area contributed by atoms with Crippen molar-refractivity contribution < 1.29 is 14.7 Å². The van der Waals surface area contributed by atoms with Crippen molar-refractivity contribution in [3.63, 3.8) is 0 Å². The second kappa shape index (κ2) is 5.21. The summed E-state index contributed by atoms with van der Waals surface area (Å²) in [6.07, 6.45) is 2.62. The van der Waals surface area contributed by atoms with E-state index in [1.54, 1.807) is 25.1 Å². The van der Waals surface area contributed by atoms with Crippen LogP contribution in [-0.4, -0.2) is 22.5 Å². The molecule has 4 nitrogen and oxygen atoms in total. The number of carboxylic acids is 1. The number of carbonyl (C=O) groups is 2. The molecule has 0 spiro atoms. The highest BCUT2D eigenvalue weighted by atomic mass is 35.5. The summed E-state index contributed by atoms with van der Waals surface area (Å²) in [5.41, 5.74) is 0.101. The van der Waals surface area contributed by atoms with E-state index in [2.05, 4.69) is 5.32 Å². The van der Waals surface area contributed by atoms with Gasteiger partial charge in [0.05, 0.1) is 0 Å². The fourth-order valence-electron chi connectivity index (χ4n) is 2.54. The highest BCUT2D eigenvalue weighted by molar-refractivity contribution is 6.30. The lowest BCUT2D eigenvalue weighted by Crippen LogP contribution is -2.52. The first-order valence-corrected chi connectivity index (χ1v) is 6.64. The molecular weight excluding hydrogens is 266 g/mol. The molecule has 1 aliphatic rings. The van der Waals surface area contributed by atoms with Gasteiger partial charge in [0.25, 0.3) is 5.91 Å². The van der Waals surface area contributed by atoms with Crippen LogP contribution >= 0.6 is 11.6 Å². The van der Waals surface area contributed by atoms with Gasteiger partial charge < -0.3 is 10.4 Å². The molecule has 0 atom stereocenters. The Kier molecular flexibility index (Phi) is 3.80. The van der Waals surface area contributed by atoms with Gasteiger partial charge >= 0.3 is 5.97 Å². The van der Waals surface area contributed by atoms with E-state index in [0.29, 0.717) is 23.4 Å². The van der Waals surface area contributed by atoms with Crippen LogP contribution in [0.15, 0.2) is 18.2 Å². The van der Waals surface area contributed by atoms with Crippen molar-refractivity contribution >= 4 is 23.5 Å². The number of amides is 1. The van der Waals surface area contributed by atoms with Gasteiger partial charge in [-0.05, 0) is 43.5 Å². The molecule has 0 unspecified atom stereocenters. The Hall–Kier alpha value is -1.55. The van der Waals surface area contributed by atoms with Crippen molar-refractivity contribution in [2.75, 3.05) is 0 Å². The van der Waals surface area contributed by atoms with E-state index in [9.17, 15) is 14.7 Å². The topological polar surface area (TPSA) is 66.4 Å². The molecule has 0 bridgehead atoms. The van der Waals surface area contributed by atoms with E-state index in [-0.39, 0.29) is 5.91 Å². The number of aryl methyl sites for hydroxylation is 1. The van der Waals surface area contributed by atoms with Gasteiger partial charge in [-0.15, -0.1) is 0 Å². The molecule has 1 saturated carbocycles. The predicted molar refractivity (Wildman–Crippen MR) is 72.5 cm³/mol. The first-order valence-electron chi connectivity index (χ1n) is 6.27. The van der Waals surface area contributed by atoms with Gasteiger partial charge in [-0.3, -0.25) is 4.79 Å². The Morgan fingerprint density at radius 2 is 1.95 bits per heavy atom. The highest BCUT2D eigenvalue weighted by Gasteiger charge is 2.42. The number of halogens is 1. The van der Waals surface area contributed by atoms with Crippen molar-refractivity contribution in [1.29, 1.82) is 0 Å². The summed E-state index contributed by atoms with van der Waals surface area (Å²) >= 11 is 5.84. The summed E-state index contributed by atoms with van der Waals surface area (Å²) < 4.78 is 0. The molecule has 1 aromatic carbocycles. The van der Waals surface area contributed by atoms with Crippen molar-refractivity contribution in [2.45, 2.75) is 38.1 Å². The van der Waals surface area contributed by atoms with E-state index in [4.69, 9.17) is 11.6 Å². The second-order valence-corrected chi connectivity index (χ2v) is 5.44. The lowest BCUT2D eigenvalue weighted by Gasteiger charge is -2.25. The van der Waals surface area contributed by atoms with Crippen LogP contribution in [-0.2, 0) is 4.79 Å². The number of carbonyl (C=O) groups excluding carboxylic acids is 1. The normalized spacial score (nSPS) is 17.2. The molecule has 1 aliphatic carbocycles. The Balaban J connectivity index is 2.22. The molecule has 1 amide bonds. The minimum Gasteiger partial charge on any atom is -0.480 e. The maximum Gasteiger partial charge on any atom is 0.329 e. The first-order chi connectivity index (χ1) is 8.94. The molecule has 2 N–H and O–H groups in total. The van der Waals surface area contributed by atoms with Crippen molar-refractivity contribution in [2.24, 2.45) is 0 Å². The van der Waals surface area contributed by atoms with E-state index >= 15 is 0 Å².